The predicted molar refractivity (Wildman–Crippen MR) is 85.6 cm³/mol. The SMILES string of the molecule is COc1ncccc1C(=O)NC1CCN(c2nccs2)CC1. The van der Waals surface area contributed by atoms with Gasteiger partial charge in [0.25, 0.3) is 5.91 Å². The molecule has 1 saturated heterocycles. The standard InChI is InChI=1S/C15H18N4O2S/c1-21-14-12(3-2-6-16-14)13(20)18-11-4-8-19(9-5-11)15-17-7-10-22-15/h2-3,6-7,10-11H,4-5,8-9H2,1H3,(H,18,20). The lowest BCUT2D eigenvalue weighted by Gasteiger charge is -2.32. The summed E-state index contributed by atoms with van der Waals surface area (Å²) >= 11 is 1.65. The number of aromatic nitrogens is 2. The number of nitrogens with zero attached hydrogens (tertiary/aromatic N) is 3. The summed E-state index contributed by atoms with van der Waals surface area (Å²) in [5.41, 5.74) is 0.479. The Morgan fingerprint density at radius 2 is 2.18 bits per heavy atom. The number of anilines is 1. The second-order valence-corrected chi connectivity index (χ2v) is 5.98. The van der Waals surface area contributed by atoms with Crippen molar-refractivity contribution in [3.05, 3.63) is 35.5 Å². The maximum absolute atomic E-state index is 12.3. The van der Waals surface area contributed by atoms with Crippen LogP contribution in [0.5, 0.6) is 5.88 Å². The van der Waals surface area contributed by atoms with Gasteiger partial charge in [-0.1, -0.05) is 0 Å². The van der Waals surface area contributed by atoms with Crippen molar-refractivity contribution in [2.75, 3.05) is 25.1 Å². The Hall–Kier alpha value is -2.15. The molecule has 0 unspecified atom stereocenters. The second kappa shape index (κ2) is 6.74. The quantitative estimate of drug-likeness (QED) is 0.933. The smallest absolute Gasteiger partial charge is 0.256 e. The van der Waals surface area contributed by atoms with E-state index in [0.717, 1.165) is 31.1 Å². The molecule has 0 bridgehead atoms. The molecule has 1 amide bonds. The number of methoxy groups -OCH3 is 1. The van der Waals surface area contributed by atoms with Crippen molar-refractivity contribution in [3.63, 3.8) is 0 Å². The number of carbonyl (C=O) groups is 1. The van der Waals surface area contributed by atoms with Crippen molar-refractivity contribution < 1.29 is 9.53 Å². The summed E-state index contributed by atoms with van der Waals surface area (Å²) in [5, 5.41) is 6.11. The summed E-state index contributed by atoms with van der Waals surface area (Å²) < 4.78 is 5.13. The summed E-state index contributed by atoms with van der Waals surface area (Å²) in [7, 11) is 1.52. The fraction of sp³-hybridized carbons (Fsp3) is 0.400. The molecule has 22 heavy (non-hydrogen) atoms. The average Bonchev–Trinajstić information content (AvgIpc) is 3.10. The second-order valence-electron chi connectivity index (χ2n) is 5.11. The Balaban J connectivity index is 1.57. The predicted octanol–water partition coefficient (Wildman–Crippen LogP) is 1.95. The third kappa shape index (κ3) is 3.19. The van der Waals surface area contributed by atoms with Gasteiger partial charge in [-0.25, -0.2) is 9.97 Å². The molecule has 0 atom stereocenters. The highest BCUT2D eigenvalue weighted by Gasteiger charge is 2.23. The number of pyridine rings is 1. The summed E-state index contributed by atoms with van der Waals surface area (Å²) in [6.45, 7) is 1.81. The molecule has 3 rings (SSSR count). The molecule has 116 valence electrons. The van der Waals surface area contributed by atoms with Crippen LogP contribution in [0.15, 0.2) is 29.9 Å². The Morgan fingerprint density at radius 1 is 1.36 bits per heavy atom. The molecule has 7 heteroatoms. The minimum atomic E-state index is -0.127. The maximum Gasteiger partial charge on any atom is 0.256 e. The molecule has 1 fully saturated rings. The lowest BCUT2D eigenvalue weighted by molar-refractivity contribution is 0.0927. The molecule has 0 radical (unpaired) electrons. The molecule has 0 spiro atoms. The van der Waals surface area contributed by atoms with E-state index in [1.807, 2.05) is 11.6 Å². The van der Waals surface area contributed by atoms with Crippen molar-refractivity contribution in [3.8, 4) is 5.88 Å². The zero-order valence-electron chi connectivity index (χ0n) is 12.4. The number of thiazole rings is 1. The van der Waals surface area contributed by atoms with E-state index in [2.05, 4.69) is 20.2 Å². The van der Waals surface area contributed by atoms with Crippen LogP contribution in [0.4, 0.5) is 5.13 Å². The molecular weight excluding hydrogens is 300 g/mol. The first kappa shape index (κ1) is 14.8. The minimum Gasteiger partial charge on any atom is -0.480 e. The lowest BCUT2D eigenvalue weighted by atomic mass is 10.0. The van der Waals surface area contributed by atoms with Crippen LogP contribution in [0.3, 0.4) is 0 Å². The molecular formula is C15H18N4O2S. The number of amides is 1. The van der Waals surface area contributed by atoms with E-state index in [1.165, 1.54) is 7.11 Å². The zero-order valence-corrected chi connectivity index (χ0v) is 13.2. The van der Waals surface area contributed by atoms with Gasteiger partial charge in [0.1, 0.15) is 5.56 Å². The van der Waals surface area contributed by atoms with Gasteiger partial charge in [0, 0.05) is 36.9 Å². The van der Waals surface area contributed by atoms with Crippen LogP contribution >= 0.6 is 11.3 Å². The van der Waals surface area contributed by atoms with Crippen LogP contribution in [0.1, 0.15) is 23.2 Å². The number of nitrogens with one attached hydrogen (secondary N) is 1. The number of rotatable bonds is 4. The van der Waals surface area contributed by atoms with Gasteiger partial charge in [-0.2, -0.15) is 0 Å². The summed E-state index contributed by atoms with van der Waals surface area (Å²) in [5.74, 6) is 0.234. The van der Waals surface area contributed by atoms with E-state index in [1.54, 1.807) is 29.7 Å². The van der Waals surface area contributed by atoms with Gasteiger partial charge in [0.15, 0.2) is 5.13 Å². The average molecular weight is 318 g/mol. The molecule has 1 N–H and O–H groups in total. The number of carbonyl (C=O) groups excluding carboxylic acids is 1. The molecule has 0 aromatic carbocycles. The van der Waals surface area contributed by atoms with Crippen LogP contribution in [-0.4, -0.2) is 42.1 Å². The van der Waals surface area contributed by atoms with Crippen LogP contribution in [-0.2, 0) is 0 Å². The van der Waals surface area contributed by atoms with E-state index in [-0.39, 0.29) is 11.9 Å². The van der Waals surface area contributed by atoms with Gasteiger partial charge < -0.3 is 15.0 Å². The van der Waals surface area contributed by atoms with E-state index in [0.29, 0.717) is 11.4 Å². The highest BCUT2D eigenvalue weighted by atomic mass is 32.1. The molecule has 2 aromatic heterocycles. The van der Waals surface area contributed by atoms with Gasteiger partial charge in [-0.05, 0) is 25.0 Å². The first-order valence-corrected chi connectivity index (χ1v) is 8.10. The van der Waals surface area contributed by atoms with Crippen molar-refractivity contribution in [1.29, 1.82) is 0 Å². The fourth-order valence-electron chi connectivity index (χ4n) is 2.58. The summed E-state index contributed by atoms with van der Waals surface area (Å²) in [6, 6.07) is 3.64. The Bertz CT molecular complexity index is 624. The third-order valence-corrected chi connectivity index (χ3v) is 4.56. The monoisotopic (exact) mass is 318 g/mol. The first-order chi connectivity index (χ1) is 10.8. The summed E-state index contributed by atoms with van der Waals surface area (Å²) in [4.78, 5) is 23.0. The van der Waals surface area contributed by atoms with Gasteiger partial charge in [-0.15, -0.1) is 11.3 Å². The molecule has 0 aliphatic carbocycles. The normalized spacial score (nSPS) is 15.6. The fourth-order valence-corrected chi connectivity index (χ4v) is 3.27. The zero-order chi connectivity index (χ0) is 15.4. The van der Waals surface area contributed by atoms with Gasteiger partial charge in [-0.3, -0.25) is 4.79 Å². The molecule has 2 aromatic rings. The van der Waals surface area contributed by atoms with E-state index < -0.39 is 0 Å². The molecule has 6 nitrogen and oxygen atoms in total. The van der Waals surface area contributed by atoms with Gasteiger partial charge >= 0.3 is 0 Å². The maximum atomic E-state index is 12.3. The first-order valence-electron chi connectivity index (χ1n) is 7.22. The van der Waals surface area contributed by atoms with Crippen molar-refractivity contribution in [1.82, 2.24) is 15.3 Å². The summed E-state index contributed by atoms with van der Waals surface area (Å²) in [6.07, 6.45) is 5.26. The van der Waals surface area contributed by atoms with Crippen LogP contribution in [0, 0.1) is 0 Å². The Kier molecular flexibility index (Phi) is 4.53. The molecule has 1 aliphatic heterocycles. The molecule has 1 aliphatic rings. The highest BCUT2D eigenvalue weighted by molar-refractivity contribution is 7.13. The minimum absolute atomic E-state index is 0.127. The number of ether oxygens (including phenoxy) is 1. The van der Waals surface area contributed by atoms with E-state index >= 15 is 0 Å². The molecule has 3 heterocycles. The van der Waals surface area contributed by atoms with Gasteiger partial charge in [0.2, 0.25) is 5.88 Å². The largest absolute Gasteiger partial charge is 0.480 e. The van der Waals surface area contributed by atoms with E-state index in [4.69, 9.17) is 4.74 Å². The number of piperidine rings is 1. The lowest BCUT2D eigenvalue weighted by Crippen LogP contribution is -2.44. The van der Waals surface area contributed by atoms with Crippen molar-refractivity contribution in [2.24, 2.45) is 0 Å². The van der Waals surface area contributed by atoms with Crippen LogP contribution in [0.25, 0.3) is 0 Å². The van der Waals surface area contributed by atoms with E-state index in [9.17, 15) is 4.79 Å². The van der Waals surface area contributed by atoms with Crippen LogP contribution < -0.4 is 15.0 Å². The molecule has 0 saturated carbocycles. The van der Waals surface area contributed by atoms with Crippen molar-refractivity contribution >= 4 is 22.4 Å². The number of hydrogen-bond donors (Lipinski definition) is 1. The van der Waals surface area contributed by atoms with Crippen LogP contribution in [0.2, 0.25) is 0 Å². The van der Waals surface area contributed by atoms with Gasteiger partial charge in [0.05, 0.1) is 7.11 Å². The highest BCUT2D eigenvalue weighted by Crippen LogP contribution is 2.22. The Morgan fingerprint density at radius 3 is 2.86 bits per heavy atom. The third-order valence-electron chi connectivity index (χ3n) is 3.73. The number of hydrogen-bond acceptors (Lipinski definition) is 6. The Labute approximate surface area is 133 Å². The topological polar surface area (TPSA) is 67.3 Å². The van der Waals surface area contributed by atoms with Crippen molar-refractivity contribution in [2.45, 2.75) is 18.9 Å².